The van der Waals surface area contributed by atoms with Crippen molar-refractivity contribution in [1.82, 2.24) is 0 Å². The number of aromatic carboxylic acids is 1. The van der Waals surface area contributed by atoms with Gasteiger partial charge in [0.05, 0.1) is 17.4 Å². The summed E-state index contributed by atoms with van der Waals surface area (Å²) in [6, 6.07) is 3.38. The van der Waals surface area contributed by atoms with Gasteiger partial charge in [0, 0.05) is 0 Å². The number of carbonyl (C=O) groups is 2. The number of halogens is 1. The predicted molar refractivity (Wildman–Crippen MR) is 84.0 cm³/mol. The summed E-state index contributed by atoms with van der Waals surface area (Å²) in [6.07, 6.45) is 5.87. The number of carbonyl (C=O) groups excluding carboxylic acids is 1. The van der Waals surface area contributed by atoms with Gasteiger partial charge in [-0.3, -0.25) is 4.79 Å². The summed E-state index contributed by atoms with van der Waals surface area (Å²) in [5, 5.41) is 11.3. The Morgan fingerprint density at radius 1 is 1.26 bits per heavy atom. The lowest BCUT2D eigenvalue weighted by Gasteiger charge is -2.20. The van der Waals surface area contributed by atoms with Crippen molar-refractivity contribution in [1.29, 1.82) is 0 Å². The number of hydrogen-bond acceptors (Lipinski definition) is 3. The smallest absolute Gasteiger partial charge is 0.335 e. The molecule has 1 aliphatic rings. The van der Waals surface area contributed by atoms with Crippen LogP contribution in [0.2, 0.25) is 0 Å². The first-order valence-electron chi connectivity index (χ1n) is 7.96. The normalized spacial score (nSPS) is 17.3. The molecule has 23 heavy (non-hydrogen) atoms. The molecule has 1 unspecified atom stereocenters. The molecule has 1 fully saturated rings. The molecule has 0 aromatic heterocycles. The second-order valence-corrected chi connectivity index (χ2v) is 5.88. The van der Waals surface area contributed by atoms with Gasteiger partial charge in [0.1, 0.15) is 11.9 Å². The molecule has 126 valence electrons. The van der Waals surface area contributed by atoms with Crippen LogP contribution < -0.4 is 5.32 Å². The lowest BCUT2D eigenvalue weighted by Crippen LogP contribution is -2.31. The zero-order valence-electron chi connectivity index (χ0n) is 13.2. The lowest BCUT2D eigenvalue weighted by molar-refractivity contribution is -0.130. The molecule has 0 spiro atoms. The highest BCUT2D eigenvalue weighted by Gasteiger charge is 2.21. The molecule has 1 amide bonds. The van der Waals surface area contributed by atoms with Crippen LogP contribution in [-0.2, 0) is 9.53 Å². The average Bonchev–Trinajstić information content (AvgIpc) is 2.77. The molecule has 2 rings (SSSR count). The van der Waals surface area contributed by atoms with E-state index < -0.39 is 23.8 Å². The first-order chi connectivity index (χ1) is 11.0. The van der Waals surface area contributed by atoms with E-state index in [4.69, 9.17) is 9.84 Å². The Bertz CT molecular complexity index is 568. The third-order valence-electron chi connectivity index (χ3n) is 4.04. The Labute approximate surface area is 134 Å². The van der Waals surface area contributed by atoms with E-state index in [1.54, 1.807) is 6.92 Å². The van der Waals surface area contributed by atoms with Gasteiger partial charge < -0.3 is 15.2 Å². The van der Waals surface area contributed by atoms with Crippen LogP contribution in [0.1, 0.15) is 55.8 Å². The maximum atomic E-state index is 13.8. The van der Waals surface area contributed by atoms with E-state index >= 15 is 0 Å². The fraction of sp³-hybridized carbons (Fsp3) is 0.529. The standard InChI is InChI=1S/C17H22FNO4/c1-11(23-13-6-4-2-3-5-7-13)16(20)19-15-9-8-12(17(21)22)10-14(15)18/h8-11,13H,2-7H2,1H3,(H,19,20)(H,21,22). The summed E-state index contributed by atoms with van der Waals surface area (Å²) in [5.41, 5.74) is -0.209. The molecule has 1 aromatic carbocycles. The van der Waals surface area contributed by atoms with Crippen molar-refractivity contribution in [2.45, 2.75) is 57.7 Å². The largest absolute Gasteiger partial charge is 0.478 e. The monoisotopic (exact) mass is 323 g/mol. The summed E-state index contributed by atoms with van der Waals surface area (Å²) in [5.74, 6) is -2.43. The van der Waals surface area contributed by atoms with Crippen LogP contribution in [0.3, 0.4) is 0 Å². The first kappa shape index (κ1) is 17.4. The van der Waals surface area contributed by atoms with Gasteiger partial charge in [0.2, 0.25) is 0 Å². The number of hydrogen-bond donors (Lipinski definition) is 2. The third kappa shape index (κ3) is 5.03. The Hall–Kier alpha value is -1.95. The molecule has 0 radical (unpaired) electrons. The molecule has 1 aromatic rings. The minimum atomic E-state index is -1.22. The van der Waals surface area contributed by atoms with E-state index in [1.807, 2.05) is 0 Å². The van der Waals surface area contributed by atoms with E-state index in [9.17, 15) is 14.0 Å². The number of carboxylic acid groups (broad SMARTS) is 1. The Morgan fingerprint density at radius 2 is 1.91 bits per heavy atom. The molecule has 0 bridgehead atoms. The highest BCUT2D eigenvalue weighted by molar-refractivity contribution is 5.95. The molecule has 1 saturated carbocycles. The van der Waals surface area contributed by atoms with Crippen LogP contribution in [0.15, 0.2) is 18.2 Å². The third-order valence-corrected chi connectivity index (χ3v) is 4.04. The highest BCUT2D eigenvalue weighted by atomic mass is 19.1. The van der Waals surface area contributed by atoms with Gasteiger partial charge in [-0.05, 0) is 38.0 Å². The summed E-state index contributed by atoms with van der Waals surface area (Å²) >= 11 is 0. The van der Waals surface area contributed by atoms with Gasteiger partial charge in [-0.15, -0.1) is 0 Å². The van der Waals surface area contributed by atoms with Crippen molar-refractivity contribution in [2.24, 2.45) is 0 Å². The van der Waals surface area contributed by atoms with Crippen molar-refractivity contribution >= 4 is 17.6 Å². The zero-order valence-corrected chi connectivity index (χ0v) is 13.2. The van der Waals surface area contributed by atoms with Crippen molar-refractivity contribution in [2.75, 3.05) is 5.32 Å². The Kier molecular flexibility index (Phi) is 6.10. The van der Waals surface area contributed by atoms with Crippen LogP contribution in [-0.4, -0.2) is 29.2 Å². The first-order valence-corrected chi connectivity index (χ1v) is 7.96. The lowest BCUT2D eigenvalue weighted by atomic mass is 10.1. The number of benzene rings is 1. The van der Waals surface area contributed by atoms with Gasteiger partial charge in [-0.2, -0.15) is 0 Å². The Balaban J connectivity index is 1.93. The number of anilines is 1. The van der Waals surface area contributed by atoms with Gasteiger partial charge in [0.15, 0.2) is 0 Å². The van der Waals surface area contributed by atoms with Crippen LogP contribution >= 0.6 is 0 Å². The van der Waals surface area contributed by atoms with Crippen molar-refractivity contribution in [3.63, 3.8) is 0 Å². The topological polar surface area (TPSA) is 75.6 Å². The summed E-state index contributed by atoms with van der Waals surface area (Å²) in [4.78, 5) is 22.9. The predicted octanol–water partition coefficient (Wildman–Crippen LogP) is 3.59. The number of rotatable bonds is 5. The SMILES string of the molecule is CC(OC1CCCCCC1)C(=O)Nc1ccc(C(=O)O)cc1F. The van der Waals surface area contributed by atoms with Crippen LogP contribution in [0.25, 0.3) is 0 Å². The number of carboxylic acids is 1. The maximum absolute atomic E-state index is 13.8. The van der Waals surface area contributed by atoms with Gasteiger partial charge in [0.25, 0.3) is 5.91 Å². The fourth-order valence-corrected chi connectivity index (χ4v) is 2.71. The number of amides is 1. The fourth-order valence-electron chi connectivity index (χ4n) is 2.71. The molecular weight excluding hydrogens is 301 g/mol. The zero-order chi connectivity index (χ0) is 16.8. The second-order valence-electron chi connectivity index (χ2n) is 5.88. The molecular formula is C17H22FNO4. The summed E-state index contributed by atoms with van der Waals surface area (Å²) in [6.45, 7) is 1.64. The molecule has 0 saturated heterocycles. The van der Waals surface area contributed by atoms with E-state index in [0.29, 0.717) is 0 Å². The van der Waals surface area contributed by atoms with Crippen LogP contribution in [0, 0.1) is 5.82 Å². The molecule has 2 N–H and O–H groups in total. The minimum Gasteiger partial charge on any atom is -0.478 e. The number of ether oxygens (including phenoxy) is 1. The highest BCUT2D eigenvalue weighted by Crippen LogP contribution is 2.22. The molecule has 5 nitrogen and oxygen atoms in total. The van der Waals surface area contributed by atoms with Gasteiger partial charge in [-0.1, -0.05) is 25.7 Å². The van der Waals surface area contributed by atoms with Crippen LogP contribution in [0.5, 0.6) is 0 Å². The Morgan fingerprint density at radius 3 is 2.48 bits per heavy atom. The summed E-state index contributed by atoms with van der Waals surface area (Å²) in [7, 11) is 0. The van der Waals surface area contributed by atoms with E-state index in [0.717, 1.165) is 31.7 Å². The van der Waals surface area contributed by atoms with Crippen molar-refractivity contribution in [3.8, 4) is 0 Å². The second kappa shape index (κ2) is 8.06. The van der Waals surface area contributed by atoms with Crippen molar-refractivity contribution < 1.29 is 23.8 Å². The molecule has 1 aliphatic carbocycles. The van der Waals surface area contributed by atoms with Crippen LogP contribution in [0.4, 0.5) is 10.1 Å². The van der Waals surface area contributed by atoms with Gasteiger partial charge in [-0.25, -0.2) is 9.18 Å². The quantitative estimate of drug-likeness (QED) is 0.812. The molecule has 0 aliphatic heterocycles. The minimum absolute atomic E-state index is 0.0451. The van der Waals surface area contributed by atoms with E-state index in [2.05, 4.69) is 5.32 Å². The number of nitrogens with one attached hydrogen (secondary N) is 1. The van der Waals surface area contributed by atoms with Crippen molar-refractivity contribution in [3.05, 3.63) is 29.6 Å². The van der Waals surface area contributed by atoms with E-state index in [-0.39, 0.29) is 17.4 Å². The molecule has 0 heterocycles. The molecule has 6 heteroatoms. The maximum Gasteiger partial charge on any atom is 0.335 e. The summed E-state index contributed by atoms with van der Waals surface area (Å²) < 4.78 is 19.6. The average molecular weight is 323 g/mol. The molecule has 1 atom stereocenters. The van der Waals surface area contributed by atoms with Gasteiger partial charge >= 0.3 is 5.97 Å². The van der Waals surface area contributed by atoms with E-state index in [1.165, 1.54) is 25.0 Å².